The molecule has 7 heteroatoms. The van der Waals surface area contributed by atoms with E-state index in [-0.39, 0.29) is 5.91 Å². The molecule has 1 amide bonds. The van der Waals surface area contributed by atoms with Crippen LogP contribution in [0, 0.1) is 0 Å². The number of amides is 1. The number of rotatable bonds is 5. The van der Waals surface area contributed by atoms with Crippen LogP contribution in [0.15, 0.2) is 66.0 Å². The first-order valence-electron chi connectivity index (χ1n) is 7.95. The van der Waals surface area contributed by atoms with Gasteiger partial charge in [0.05, 0.1) is 0 Å². The second-order valence-corrected chi connectivity index (χ2v) is 6.34. The van der Waals surface area contributed by atoms with E-state index in [4.69, 9.17) is 5.73 Å². The minimum Gasteiger partial charge on any atom is -0.399 e. The SMILES string of the molecule is CSc1ncc(C(=O)N(C)c2ccccc2)c(Nc2cccc(N)c2)n1. The van der Waals surface area contributed by atoms with Crippen molar-refractivity contribution in [1.29, 1.82) is 0 Å². The Balaban J connectivity index is 1.97. The largest absolute Gasteiger partial charge is 0.399 e. The van der Waals surface area contributed by atoms with Gasteiger partial charge in [-0.25, -0.2) is 9.97 Å². The molecule has 0 radical (unpaired) electrons. The van der Waals surface area contributed by atoms with Crippen molar-refractivity contribution in [3.8, 4) is 0 Å². The van der Waals surface area contributed by atoms with Crippen molar-refractivity contribution in [3.63, 3.8) is 0 Å². The molecule has 0 atom stereocenters. The summed E-state index contributed by atoms with van der Waals surface area (Å²) < 4.78 is 0. The molecule has 3 aromatic rings. The summed E-state index contributed by atoms with van der Waals surface area (Å²) in [6.45, 7) is 0. The van der Waals surface area contributed by atoms with Gasteiger partial charge in [-0.05, 0) is 36.6 Å². The molecule has 0 unspecified atom stereocenters. The van der Waals surface area contributed by atoms with Crippen molar-refractivity contribution in [2.45, 2.75) is 5.16 Å². The third-order valence-corrected chi connectivity index (χ3v) is 4.34. The lowest BCUT2D eigenvalue weighted by atomic mass is 10.2. The molecule has 0 saturated heterocycles. The van der Waals surface area contributed by atoms with Crippen LogP contribution in [0.3, 0.4) is 0 Å². The summed E-state index contributed by atoms with van der Waals surface area (Å²) in [6.07, 6.45) is 3.44. The number of nitrogens with two attached hydrogens (primary N) is 1. The quantitative estimate of drug-likeness (QED) is 0.406. The van der Waals surface area contributed by atoms with Gasteiger partial charge >= 0.3 is 0 Å². The molecular weight excluding hydrogens is 346 g/mol. The zero-order valence-electron chi connectivity index (χ0n) is 14.5. The maximum atomic E-state index is 13.0. The normalized spacial score (nSPS) is 10.4. The van der Waals surface area contributed by atoms with Gasteiger partial charge in [0.25, 0.3) is 5.91 Å². The van der Waals surface area contributed by atoms with Crippen LogP contribution in [-0.4, -0.2) is 29.2 Å². The summed E-state index contributed by atoms with van der Waals surface area (Å²) in [5.41, 5.74) is 8.40. The Hall–Kier alpha value is -3.06. The Morgan fingerprint density at radius 2 is 1.92 bits per heavy atom. The Morgan fingerprint density at radius 1 is 1.15 bits per heavy atom. The predicted molar refractivity (Wildman–Crippen MR) is 107 cm³/mol. The first-order valence-corrected chi connectivity index (χ1v) is 9.17. The maximum Gasteiger partial charge on any atom is 0.263 e. The van der Waals surface area contributed by atoms with E-state index in [0.717, 1.165) is 11.4 Å². The van der Waals surface area contributed by atoms with Crippen LogP contribution in [0.25, 0.3) is 0 Å². The Bertz CT molecular complexity index is 917. The lowest BCUT2D eigenvalue weighted by Crippen LogP contribution is -2.27. The van der Waals surface area contributed by atoms with E-state index in [9.17, 15) is 4.79 Å². The van der Waals surface area contributed by atoms with Crippen molar-refractivity contribution in [1.82, 2.24) is 9.97 Å². The second kappa shape index (κ2) is 7.88. The fraction of sp³-hybridized carbons (Fsp3) is 0.105. The van der Waals surface area contributed by atoms with Crippen LogP contribution in [0.1, 0.15) is 10.4 Å². The van der Waals surface area contributed by atoms with Gasteiger partial charge in [0.15, 0.2) is 5.16 Å². The predicted octanol–water partition coefficient (Wildman–Crippen LogP) is 3.80. The number of para-hydroxylation sites is 1. The standard InChI is InChI=1S/C19H19N5OS/c1-24(15-9-4-3-5-10-15)18(25)16-12-21-19(26-2)23-17(16)22-14-8-6-7-13(20)11-14/h3-12H,20H2,1-2H3,(H,21,22,23). The monoisotopic (exact) mass is 365 g/mol. The summed E-state index contributed by atoms with van der Waals surface area (Å²) in [5, 5.41) is 3.76. The van der Waals surface area contributed by atoms with Crippen molar-refractivity contribution < 1.29 is 4.79 Å². The number of hydrogen-bond donors (Lipinski definition) is 2. The number of hydrogen-bond acceptors (Lipinski definition) is 6. The van der Waals surface area contributed by atoms with Gasteiger partial charge < -0.3 is 16.0 Å². The third-order valence-electron chi connectivity index (χ3n) is 3.78. The molecule has 6 nitrogen and oxygen atoms in total. The van der Waals surface area contributed by atoms with Crippen molar-refractivity contribution in [2.75, 3.05) is 29.3 Å². The molecule has 0 saturated carbocycles. The molecule has 0 aliphatic carbocycles. The van der Waals surface area contributed by atoms with Gasteiger partial charge in [-0.3, -0.25) is 4.79 Å². The molecule has 0 fully saturated rings. The molecule has 1 heterocycles. The molecule has 3 N–H and O–H groups in total. The van der Waals surface area contributed by atoms with Crippen LogP contribution < -0.4 is 16.0 Å². The highest BCUT2D eigenvalue weighted by Gasteiger charge is 2.20. The van der Waals surface area contributed by atoms with Gasteiger partial charge in [0, 0.05) is 30.3 Å². The lowest BCUT2D eigenvalue weighted by Gasteiger charge is -2.19. The smallest absolute Gasteiger partial charge is 0.263 e. The molecule has 3 rings (SSSR count). The molecule has 26 heavy (non-hydrogen) atoms. The highest BCUT2D eigenvalue weighted by atomic mass is 32.2. The molecule has 0 aliphatic heterocycles. The summed E-state index contributed by atoms with van der Waals surface area (Å²) in [5.74, 6) is 0.248. The van der Waals surface area contributed by atoms with Gasteiger partial charge in [0.2, 0.25) is 0 Å². The van der Waals surface area contributed by atoms with E-state index in [0.29, 0.717) is 22.2 Å². The zero-order chi connectivity index (χ0) is 18.5. The molecule has 0 spiro atoms. The second-order valence-electron chi connectivity index (χ2n) is 5.57. The van der Waals surface area contributed by atoms with Gasteiger partial charge in [-0.15, -0.1) is 0 Å². The van der Waals surface area contributed by atoms with Crippen molar-refractivity contribution in [2.24, 2.45) is 0 Å². The van der Waals surface area contributed by atoms with Crippen LogP contribution in [-0.2, 0) is 0 Å². The highest BCUT2D eigenvalue weighted by Crippen LogP contribution is 2.24. The third kappa shape index (κ3) is 3.94. The summed E-state index contributed by atoms with van der Waals surface area (Å²) in [4.78, 5) is 23.3. The number of carbonyl (C=O) groups excluding carboxylic acids is 1. The van der Waals surface area contributed by atoms with Crippen LogP contribution in [0.2, 0.25) is 0 Å². The average molecular weight is 365 g/mol. The number of aromatic nitrogens is 2. The van der Waals surface area contributed by atoms with Crippen molar-refractivity contribution >= 4 is 40.5 Å². The first-order chi connectivity index (χ1) is 12.6. The molecule has 2 aromatic carbocycles. The Morgan fingerprint density at radius 3 is 2.62 bits per heavy atom. The lowest BCUT2D eigenvalue weighted by molar-refractivity contribution is 0.0993. The van der Waals surface area contributed by atoms with Gasteiger partial charge in [-0.2, -0.15) is 0 Å². The number of nitrogen functional groups attached to an aromatic ring is 1. The molecule has 0 aliphatic rings. The van der Waals surface area contributed by atoms with Gasteiger partial charge in [0.1, 0.15) is 11.4 Å². The number of nitrogens with one attached hydrogen (secondary N) is 1. The van der Waals surface area contributed by atoms with Crippen molar-refractivity contribution in [3.05, 3.63) is 66.4 Å². The van der Waals surface area contributed by atoms with Crippen LogP contribution >= 0.6 is 11.8 Å². The Labute approximate surface area is 156 Å². The topological polar surface area (TPSA) is 84.1 Å². The number of thioether (sulfide) groups is 1. The number of anilines is 4. The fourth-order valence-electron chi connectivity index (χ4n) is 2.42. The summed E-state index contributed by atoms with van der Waals surface area (Å²) >= 11 is 1.41. The van der Waals surface area contributed by atoms with E-state index in [1.165, 1.54) is 11.8 Å². The van der Waals surface area contributed by atoms with E-state index in [2.05, 4.69) is 15.3 Å². The Kier molecular flexibility index (Phi) is 5.38. The number of benzene rings is 2. The molecule has 132 valence electrons. The molecular formula is C19H19N5OS. The molecule has 1 aromatic heterocycles. The first kappa shape index (κ1) is 17.8. The van der Waals surface area contributed by atoms with Crippen LogP contribution in [0.4, 0.5) is 22.9 Å². The highest BCUT2D eigenvalue weighted by molar-refractivity contribution is 7.98. The fourth-order valence-corrected chi connectivity index (χ4v) is 2.76. The van der Waals surface area contributed by atoms with E-state index in [1.807, 2.05) is 48.7 Å². The summed E-state index contributed by atoms with van der Waals surface area (Å²) in [7, 11) is 1.73. The van der Waals surface area contributed by atoms with E-state index >= 15 is 0 Å². The van der Waals surface area contributed by atoms with Crippen LogP contribution in [0.5, 0.6) is 0 Å². The minimum absolute atomic E-state index is 0.199. The van der Waals surface area contributed by atoms with Gasteiger partial charge in [-0.1, -0.05) is 36.0 Å². The maximum absolute atomic E-state index is 13.0. The average Bonchev–Trinajstić information content (AvgIpc) is 2.67. The molecule has 0 bridgehead atoms. The van der Waals surface area contributed by atoms with E-state index < -0.39 is 0 Å². The van der Waals surface area contributed by atoms with E-state index in [1.54, 1.807) is 30.3 Å². The summed E-state index contributed by atoms with van der Waals surface area (Å²) in [6, 6.07) is 16.7. The zero-order valence-corrected chi connectivity index (χ0v) is 15.3. The minimum atomic E-state index is -0.199. The number of nitrogens with zero attached hydrogens (tertiary/aromatic N) is 3. The number of carbonyl (C=O) groups is 1.